The van der Waals surface area contributed by atoms with Gasteiger partial charge in [0.25, 0.3) is 0 Å². The van der Waals surface area contributed by atoms with Gasteiger partial charge in [-0.3, -0.25) is 0 Å². The second kappa shape index (κ2) is 5.09. The van der Waals surface area contributed by atoms with Gasteiger partial charge < -0.3 is 10.1 Å². The number of para-hydroxylation sites is 1. The van der Waals surface area contributed by atoms with Crippen LogP contribution in [0.4, 0.5) is 5.69 Å². The van der Waals surface area contributed by atoms with Crippen LogP contribution in [0, 0.1) is 0 Å². The molecule has 1 aliphatic rings. The lowest BCUT2D eigenvalue weighted by Gasteiger charge is -2.12. The highest BCUT2D eigenvalue weighted by molar-refractivity contribution is 5.97. The number of hydrogen-bond acceptors (Lipinski definition) is 3. The van der Waals surface area contributed by atoms with Crippen LogP contribution in [0.2, 0.25) is 0 Å². The number of fused-ring (bicyclic) bond motifs is 1. The number of rotatable bonds is 4. The van der Waals surface area contributed by atoms with E-state index in [-0.39, 0.29) is 0 Å². The minimum atomic E-state index is 0.598. The summed E-state index contributed by atoms with van der Waals surface area (Å²) in [6, 6.07) is 18.7. The molecule has 104 valence electrons. The van der Waals surface area contributed by atoms with Crippen LogP contribution in [0.1, 0.15) is 12.8 Å². The van der Waals surface area contributed by atoms with Crippen molar-refractivity contribution in [3.63, 3.8) is 0 Å². The molecule has 1 N–H and O–H groups in total. The SMILES string of the molecule is c1ccc(Oc2nccc3cccc(NC4CC4)c23)cc1. The lowest BCUT2D eigenvalue weighted by Crippen LogP contribution is -2.02. The first kappa shape index (κ1) is 12.2. The average Bonchev–Trinajstić information content (AvgIpc) is 3.33. The molecular formula is C18H16N2O. The second-order valence-corrected chi connectivity index (χ2v) is 5.35. The van der Waals surface area contributed by atoms with Gasteiger partial charge in [0.1, 0.15) is 5.75 Å². The van der Waals surface area contributed by atoms with Crippen molar-refractivity contribution in [2.45, 2.75) is 18.9 Å². The quantitative estimate of drug-likeness (QED) is 0.756. The van der Waals surface area contributed by atoms with E-state index in [1.54, 1.807) is 6.20 Å². The predicted molar refractivity (Wildman–Crippen MR) is 84.9 cm³/mol. The van der Waals surface area contributed by atoms with E-state index in [2.05, 4.69) is 28.5 Å². The third-order valence-electron chi connectivity index (χ3n) is 3.65. The van der Waals surface area contributed by atoms with Gasteiger partial charge in [0.15, 0.2) is 0 Å². The average molecular weight is 276 g/mol. The van der Waals surface area contributed by atoms with Crippen molar-refractivity contribution in [2.24, 2.45) is 0 Å². The van der Waals surface area contributed by atoms with Crippen molar-refractivity contribution in [3.05, 3.63) is 60.8 Å². The Labute approximate surface area is 123 Å². The van der Waals surface area contributed by atoms with Gasteiger partial charge in [0.05, 0.1) is 5.39 Å². The fourth-order valence-corrected chi connectivity index (χ4v) is 2.44. The van der Waals surface area contributed by atoms with Crippen LogP contribution < -0.4 is 10.1 Å². The summed E-state index contributed by atoms with van der Waals surface area (Å²) in [7, 11) is 0. The van der Waals surface area contributed by atoms with Gasteiger partial charge >= 0.3 is 0 Å². The highest BCUT2D eigenvalue weighted by atomic mass is 16.5. The van der Waals surface area contributed by atoms with Gasteiger partial charge in [-0.1, -0.05) is 30.3 Å². The molecule has 1 aromatic heterocycles. The van der Waals surface area contributed by atoms with Crippen LogP contribution in [0.5, 0.6) is 11.6 Å². The van der Waals surface area contributed by atoms with E-state index in [9.17, 15) is 0 Å². The van der Waals surface area contributed by atoms with Gasteiger partial charge in [0.2, 0.25) is 5.88 Å². The van der Waals surface area contributed by atoms with Crippen molar-refractivity contribution < 1.29 is 4.74 Å². The Bertz CT molecular complexity index is 761. The monoisotopic (exact) mass is 276 g/mol. The molecule has 1 aliphatic carbocycles. The summed E-state index contributed by atoms with van der Waals surface area (Å²) in [4.78, 5) is 4.43. The van der Waals surface area contributed by atoms with Crippen molar-refractivity contribution in [3.8, 4) is 11.6 Å². The van der Waals surface area contributed by atoms with Crippen molar-refractivity contribution >= 4 is 16.5 Å². The van der Waals surface area contributed by atoms with E-state index in [1.807, 2.05) is 36.4 Å². The number of nitrogens with one attached hydrogen (secondary N) is 1. The minimum absolute atomic E-state index is 0.598. The molecule has 0 radical (unpaired) electrons. The van der Waals surface area contributed by atoms with E-state index in [0.29, 0.717) is 11.9 Å². The molecule has 0 spiro atoms. The molecule has 0 saturated heterocycles. The molecule has 1 fully saturated rings. The van der Waals surface area contributed by atoms with Gasteiger partial charge in [-0.2, -0.15) is 0 Å². The summed E-state index contributed by atoms with van der Waals surface area (Å²) in [5, 5.41) is 5.76. The molecule has 2 aromatic carbocycles. The molecule has 3 aromatic rings. The van der Waals surface area contributed by atoms with Crippen LogP contribution in [0.3, 0.4) is 0 Å². The maximum Gasteiger partial charge on any atom is 0.229 e. The minimum Gasteiger partial charge on any atom is -0.438 e. The summed E-state index contributed by atoms with van der Waals surface area (Å²) in [5.41, 5.74) is 1.11. The summed E-state index contributed by atoms with van der Waals surface area (Å²) in [5.74, 6) is 1.46. The molecule has 0 bridgehead atoms. The zero-order valence-electron chi connectivity index (χ0n) is 11.6. The second-order valence-electron chi connectivity index (χ2n) is 5.35. The first-order valence-electron chi connectivity index (χ1n) is 7.27. The van der Waals surface area contributed by atoms with Crippen molar-refractivity contribution in [2.75, 3.05) is 5.32 Å². The topological polar surface area (TPSA) is 34.1 Å². The Hall–Kier alpha value is -2.55. The van der Waals surface area contributed by atoms with E-state index >= 15 is 0 Å². The fourth-order valence-electron chi connectivity index (χ4n) is 2.44. The Kier molecular flexibility index (Phi) is 2.96. The number of aromatic nitrogens is 1. The smallest absolute Gasteiger partial charge is 0.229 e. The van der Waals surface area contributed by atoms with Crippen molar-refractivity contribution in [1.82, 2.24) is 4.98 Å². The number of ether oxygens (including phenoxy) is 1. The standard InChI is InChI=1S/C18H16N2O/c1-2-6-15(7-3-1)21-18-17-13(11-12-19-18)5-4-8-16(17)20-14-9-10-14/h1-8,11-12,14,20H,9-10H2. The first-order valence-corrected chi connectivity index (χ1v) is 7.27. The molecule has 21 heavy (non-hydrogen) atoms. The van der Waals surface area contributed by atoms with E-state index in [0.717, 1.165) is 22.2 Å². The number of benzene rings is 2. The summed E-state index contributed by atoms with van der Waals surface area (Å²) >= 11 is 0. The summed E-state index contributed by atoms with van der Waals surface area (Å²) < 4.78 is 5.98. The maximum atomic E-state index is 5.98. The van der Waals surface area contributed by atoms with Crippen LogP contribution in [-0.4, -0.2) is 11.0 Å². The maximum absolute atomic E-state index is 5.98. The largest absolute Gasteiger partial charge is 0.438 e. The van der Waals surface area contributed by atoms with Crippen LogP contribution in [-0.2, 0) is 0 Å². The Morgan fingerprint density at radius 1 is 0.952 bits per heavy atom. The molecule has 0 aliphatic heterocycles. The number of nitrogens with zero attached hydrogens (tertiary/aromatic N) is 1. The highest BCUT2D eigenvalue weighted by Crippen LogP contribution is 2.35. The lowest BCUT2D eigenvalue weighted by atomic mass is 10.1. The lowest BCUT2D eigenvalue weighted by molar-refractivity contribution is 0.469. The normalized spacial score (nSPS) is 14.1. The molecule has 0 amide bonds. The molecule has 0 atom stereocenters. The van der Waals surface area contributed by atoms with Gasteiger partial charge in [-0.25, -0.2) is 4.98 Å². The van der Waals surface area contributed by atoms with Crippen molar-refractivity contribution in [1.29, 1.82) is 0 Å². The highest BCUT2D eigenvalue weighted by Gasteiger charge is 2.22. The third-order valence-corrected chi connectivity index (χ3v) is 3.65. The Balaban J connectivity index is 1.79. The van der Waals surface area contributed by atoms with Crippen LogP contribution in [0.25, 0.3) is 10.8 Å². The van der Waals surface area contributed by atoms with Gasteiger partial charge in [0, 0.05) is 17.9 Å². The number of anilines is 1. The van der Waals surface area contributed by atoms with Crippen LogP contribution >= 0.6 is 0 Å². The molecule has 3 heteroatoms. The third kappa shape index (κ3) is 2.55. The predicted octanol–water partition coefficient (Wildman–Crippen LogP) is 4.60. The van der Waals surface area contributed by atoms with Gasteiger partial charge in [-0.05, 0) is 42.5 Å². The fraction of sp³-hybridized carbons (Fsp3) is 0.167. The van der Waals surface area contributed by atoms with E-state index < -0.39 is 0 Å². The van der Waals surface area contributed by atoms with E-state index in [4.69, 9.17) is 4.74 Å². The molecular weight excluding hydrogens is 260 g/mol. The Morgan fingerprint density at radius 3 is 2.62 bits per heavy atom. The van der Waals surface area contributed by atoms with E-state index in [1.165, 1.54) is 12.8 Å². The molecule has 3 nitrogen and oxygen atoms in total. The first-order chi connectivity index (χ1) is 10.4. The molecule has 0 unspecified atom stereocenters. The summed E-state index contributed by atoms with van der Waals surface area (Å²) in [6.07, 6.45) is 4.28. The zero-order chi connectivity index (χ0) is 14.1. The number of pyridine rings is 1. The number of hydrogen-bond donors (Lipinski definition) is 1. The van der Waals surface area contributed by atoms with Gasteiger partial charge in [-0.15, -0.1) is 0 Å². The zero-order valence-corrected chi connectivity index (χ0v) is 11.6. The molecule has 1 heterocycles. The Morgan fingerprint density at radius 2 is 1.81 bits per heavy atom. The van der Waals surface area contributed by atoms with Crippen LogP contribution in [0.15, 0.2) is 60.8 Å². The summed E-state index contributed by atoms with van der Waals surface area (Å²) in [6.45, 7) is 0. The molecule has 4 rings (SSSR count). The molecule has 1 saturated carbocycles.